The van der Waals surface area contributed by atoms with Gasteiger partial charge in [-0.2, -0.15) is 0 Å². The maximum atomic E-state index is 12.1. The maximum Gasteiger partial charge on any atom is 0.251 e. The normalized spacial score (nSPS) is 11.1. The third-order valence-corrected chi connectivity index (χ3v) is 4.88. The van der Waals surface area contributed by atoms with E-state index in [2.05, 4.69) is 5.32 Å². The molecule has 0 aliphatic carbocycles. The van der Waals surface area contributed by atoms with Crippen LogP contribution < -0.4 is 9.62 Å². The van der Waals surface area contributed by atoms with Gasteiger partial charge in [-0.3, -0.25) is 9.10 Å². The molecule has 0 heterocycles. The highest BCUT2D eigenvalue weighted by molar-refractivity contribution is 7.92. The number of rotatable bonds is 6. The van der Waals surface area contributed by atoms with E-state index in [1.807, 2.05) is 38.1 Å². The van der Waals surface area contributed by atoms with E-state index >= 15 is 0 Å². The summed E-state index contributed by atoms with van der Waals surface area (Å²) in [5, 5.41) is 2.77. The number of carbonyl (C=O) groups is 1. The highest BCUT2D eigenvalue weighted by atomic mass is 32.2. The van der Waals surface area contributed by atoms with Gasteiger partial charge < -0.3 is 5.32 Å². The number of amides is 1. The molecule has 0 aliphatic rings. The average molecular weight is 346 g/mol. The van der Waals surface area contributed by atoms with Crippen molar-refractivity contribution in [2.45, 2.75) is 13.8 Å². The zero-order valence-corrected chi connectivity index (χ0v) is 14.9. The molecular weight excluding hydrogens is 324 g/mol. The Balaban J connectivity index is 2.05. The van der Waals surface area contributed by atoms with Crippen molar-refractivity contribution in [3.63, 3.8) is 0 Å². The van der Waals surface area contributed by atoms with Gasteiger partial charge in [0.15, 0.2) is 0 Å². The monoisotopic (exact) mass is 346 g/mol. The van der Waals surface area contributed by atoms with Gasteiger partial charge in [-0.05, 0) is 37.6 Å². The molecule has 0 fully saturated rings. The molecular formula is C18H22N2O3S. The summed E-state index contributed by atoms with van der Waals surface area (Å²) < 4.78 is 25.5. The molecule has 0 radical (unpaired) electrons. The molecule has 0 spiro atoms. The summed E-state index contributed by atoms with van der Waals surface area (Å²) in [5.41, 5.74) is 3.13. The summed E-state index contributed by atoms with van der Waals surface area (Å²) in [5.74, 6) is -0.215. The van der Waals surface area contributed by atoms with Crippen LogP contribution in [0.25, 0.3) is 0 Å². The van der Waals surface area contributed by atoms with Crippen LogP contribution in [0.4, 0.5) is 5.69 Å². The minimum absolute atomic E-state index is 0.182. The van der Waals surface area contributed by atoms with Crippen molar-refractivity contribution in [2.24, 2.45) is 0 Å². The Labute approximate surface area is 143 Å². The zero-order chi connectivity index (χ0) is 17.7. The molecule has 0 aromatic heterocycles. The van der Waals surface area contributed by atoms with E-state index in [-0.39, 0.29) is 19.0 Å². The summed E-state index contributed by atoms with van der Waals surface area (Å²) in [4.78, 5) is 12.1. The van der Waals surface area contributed by atoms with E-state index in [0.717, 1.165) is 11.1 Å². The molecule has 0 unspecified atom stereocenters. The highest BCUT2D eigenvalue weighted by Gasteiger charge is 2.18. The van der Waals surface area contributed by atoms with Crippen LogP contribution in [0.2, 0.25) is 0 Å². The van der Waals surface area contributed by atoms with Gasteiger partial charge >= 0.3 is 0 Å². The number of benzene rings is 2. The number of aryl methyl sites for hydroxylation is 2. The molecule has 0 bridgehead atoms. The van der Waals surface area contributed by atoms with E-state index in [0.29, 0.717) is 11.3 Å². The second-order valence-corrected chi connectivity index (χ2v) is 7.65. The van der Waals surface area contributed by atoms with Gasteiger partial charge in [0.05, 0.1) is 18.5 Å². The van der Waals surface area contributed by atoms with Crippen molar-refractivity contribution < 1.29 is 13.2 Å². The van der Waals surface area contributed by atoms with Crippen molar-refractivity contribution in [1.82, 2.24) is 5.32 Å². The second-order valence-electron chi connectivity index (χ2n) is 5.74. The molecule has 5 nitrogen and oxygen atoms in total. The molecule has 2 rings (SSSR count). The first-order valence-electron chi connectivity index (χ1n) is 7.67. The predicted molar refractivity (Wildman–Crippen MR) is 96.9 cm³/mol. The van der Waals surface area contributed by atoms with E-state index in [4.69, 9.17) is 0 Å². The Bertz CT molecular complexity index is 814. The van der Waals surface area contributed by atoms with Crippen LogP contribution in [0, 0.1) is 13.8 Å². The maximum absolute atomic E-state index is 12.1. The number of para-hydroxylation sites is 1. The minimum Gasteiger partial charge on any atom is -0.350 e. The van der Waals surface area contributed by atoms with Crippen LogP contribution in [0.1, 0.15) is 21.5 Å². The molecule has 24 heavy (non-hydrogen) atoms. The summed E-state index contributed by atoms with van der Waals surface area (Å²) >= 11 is 0. The van der Waals surface area contributed by atoms with Crippen LogP contribution in [0.15, 0.2) is 48.5 Å². The Morgan fingerprint density at radius 1 is 1.04 bits per heavy atom. The van der Waals surface area contributed by atoms with Crippen molar-refractivity contribution in [3.05, 3.63) is 65.2 Å². The molecule has 1 N–H and O–H groups in total. The fourth-order valence-corrected chi connectivity index (χ4v) is 3.37. The van der Waals surface area contributed by atoms with Gasteiger partial charge in [0.25, 0.3) is 5.91 Å². The molecule has 1 amide bonds. The van der Waals surface area contributed by atoms with E-state index < -0.39 is 10.0 Å². The van der Waals surface area contributed by atoms with E-state index in [9.17, 15) is 13.2 Å². The zero-order valence-electron chi connectivity index (χ0n) is 14.1. The Hall–Kier alpha value is -2.34. The van der Waals surface area contributed by atoms with Crippen LogP contribution in [-0.2, 0) is 10.0 Å². The van der Waals surface area contributed by atoms with Crippen LogP contribution in [-0.4, -0.2) is 33.7 Å². The largest absolute Gasteiger partial charge is 0.350 e. The van der Waals surface area contributed by atoms with Crippen LogP contribution in [0.3, 0.4) is 0 Å². The molecule has 2 aromatic carbocycles. The molecule has 6 heteroatoms. The SMILES string of the molecule is Cc1ccc(C(=O)NCCN(c2ccccc2C)S(C)(=O)=O)cc1. The number of hydrogen-bond acceptors (Lipinski definition) is 3. The molecule has 128 valence electrons. The van der Waals surface area contributed by atoms with Gasteiger partial charge in [-0.25, -0.2) is 8.42 Å². The number of anilines is 1. The molecule has 0 atom stereocenters. The lowest BCUT2D eigenvalue weighted by atomic mass is 10.1. The lowest BCUT2D eigenvalue weighted by Gasteiger charge is -2.24. The number of hydrogen-bond donors (Lipinski definition) is 1. The summed E-state index contributed by atoms with van der Waals surface area (Å²) in [7, 11) is -3.43. The first kappa shape index (κ1) is 18.0. The Morgan fingerprint density at radius 2 is 1.67 bits per heavy atom. The molecule has 2 aromatic rings. The Kier molecular flexibility index (Phi) is 5.62. The molecule has 0 saturated heterocycles. The standard InChI is InChI=1S/C18H22N2O3S/c1-14-8-10-16(11-9-14)18(21)19-12-13-20(24(3,22)23)17-7-5-4-6-15(17)2/h4-11H,12-13H2,1-3H3,(H,19,21). The van der Waals surface area contributed by atoms with Gasteiger partial charge in [0, 0.05) is 12.1 Å². The van der Waals surface area contributed by atoms with E-state index in [1.165, 1.54) is 10.6 Å². The summed E-state index contributed by atoms with van der Waals surface area (Å²) in [6.07, 6.45) is 1.17. The molecule has 0 saturated carbocycles. The van der Waals surface area contributed by atoms with Crippen LogP contribution >= 0.6 is 0 Å². The van der Waals surface area contributed by atoms with Crippen molar-refractivity contribution in [1.29, 1.82) is 0 Å². The Morgan fingerprint density at radius 3 is 2.25 bits per heavy atom. The van der Waals surface area contributed by atoms with Gasteiger partial charge in [0.1, 0.15) is 0 Å². The topological polar surface area (TPSA) is 66.5 Å². The third-order valence-electron chi connectivity index (χ3n) is 3.70. The van der Waals surface area contributed by atoms with Crippen molar-refractivity contribution >= 4 is 21.6 Å². The number of carbonyl (C=O) groups excluding carboxylic acids is 1. The van der Waals surface area contributed by atoms with Gasteiger partial charge in [0.2, 0.25) is 10.0 Å². The quantitative estimate of drug-likeness (QED) is 0.874. The van der Waals surface area contributed by atoms with Crippen molar-refractivity contribution in [3.8, 4) is 0 Å². The molecule has 0 aliphatic heterocycles. The first-order valence-corrected chi connectivity index (χ1v) is 9.52. The highest BCUT2D eigenvalue weighted by Crippen LogP contribution is 2.21. The van der Waals surface area contributed by atoms with Gasteiger partial charge in [-0.1, -0.05) is 35.9 Å². The number of nitrogens with one attached hydrogen (secondary N) is 1. The summed E-state index contributed by atoms with van der Waals surface area (Å²) in [6, 6.07) is 14.5. The third kappa shape index (κ3) is 4.58. The van der Waals surface area contributed by atoms with Crippen LogP contribution in [0.5, 0.6) is 0 Å². The van der Waals surface area contributed by atoms with E-state index in [1.54, 1.807) is 24.3 Å². The lowest BCUT2D eigenvalue weighted by Crippen LogP contribution is -2.38. The fourth-order valence-electron chi connectivity index (χ4n) is 2.39. The average Bonchev–Trinajstić information content (AvgIpc) is 2.52. The predicted octanol–water partition coefficient (Wildman–Crippen LogP) is 2.50. The number of sulfonamides is 1. The summed E-state index contributed by atoms with van der Waals surface area (Å²) in [6.45, 7) is 4.22. The minimum atomic E-state index is -3.43. The number of nitrogens with zero attached hydrogens (tertiary/aromatic N) is 1. The lowest BCUT2D eigenvalue weighted by molar-refractivity contribution is 0.0955. The second kappa shape index (κ2) is 7.49. The fraction of sp³-hybridized carbons (Fsp3) is 0.278. The smallest absolute Gasteiger partial charge is 0.251 e. The first-order chi connectivity index (χ1) is 11.3. The van der Waals surface area contributed by atoms with Crippen molar-refractivity contribution in [2.75, 3.05) is 23.7 Å². The van der Waals surface area contributed by atoms with Gasteiger partial charge in [-0.15, -0.1) is 0 Å².